The summed E-state index contributed by atoms with van der Waals surface area (Å²) < 4.78 is 5.52. The summed E-state index contributed by atoms with van der Waals surface area (Å²) in [6.45, 7) is 5.15. The van der Waals surface area contributed by atoms with Gasteiger partial charge >= 0.3 is 0 Å². The van der Waals surface area contributed by atoms with Crippen LogP contribution in [0.1, 0.15) is 32.3 Å². The molecule has 1 aliphatic carbocycles. The lowest BCUT2D eigenvalue weighted by molar-refractivity contribution is -0.112. The Morgan fingerprint density at radius 1 is 1.20 bits per heavy atom. The van der Waals surface area contributed by atoms with Crippen LogP contribution in [0.2, 0.25) is 0 Å². The maximum Gasteiger partial charge on any atom is 0.265 e. The van der Waals surface area contributed by atoms with E-state index in [1.807, 2.05) is 62.4 Å². The van der Waals surface area contributed by atoms with Gasteiger partial charge < -0.3 is 14.9 Å². The number of ether oxygens (including phenoxy) is 1. The van der Waals surface area contributed by atoms with Gasteiger partial charge in [0.05, 0.1) is 12.3 Å². The molecule has 1 aliphatic heterocycles. The van der Waals surface area contributed by atoms with Gasteiger partial charge in [0.15, 0.2) is 0 Å². The summed E-state index contributed by atoms with van der Waals surface area (Å²) in [6.07, 6.45) is 2.50. The van der Waals surface area contributed by atoms with E-state index in [0.29, 0.717) is 29.8 Å². The number of amides is 1. The number of oxime groups is 1. The van der Waals surface area contributed by atoms with Gasteiger partial charge in [-0.05, 0) is 49.8 Å². The van der Waals surface area contributed by atoms with Crippen molar-refractivity contribution in [3.63, 3.8) is 0 Å². The fourth-order valence-electron chi connectivity index (χ4n) is 3.22. The van der Waals surface area contributed by atoms with E-state index in [2.05, 4.69) is 10.5 Å². The average molecular weight is 423 g/mol. The first-order chi connectivity index (χ1) is 14.6. The van der Waals surface area contributed by atoms with Crippen LogP contribution in [-0.2, 0) is 14.4 Å². The number of hydrogen-bond acceptors (Lipinski definition) is 5. The van der Waals surface area contributed by atoms with Gasteiger partial charge in [-0.1, -0.05) is 47.6 Å². The number of nitrogens with zero attached hydrogens (tertiary/aromatic N) is 1. The van der Waals surface area contributed by atoms with Crippen molar-refractivity contribution < 1.29 is 14.4 Å². The van der Waals surface area contributed by atoms with Gasteiger partial charge in [-0.25, -0.2) is 0 Å². The molecule has 156 valence electrons. The molecule has 0 radical (unpaired) electrons. The van der Waals surface area contributed by atoms with Crippen LogP contribution in [0.5, 0.6) is 0 Å². The van der Waals surface area contributed by atoms with Gasteiger partial charge in [0, 0.05) is 17.0 Å². The maximum atomic E-state index is 12.8. The lowest BCUT2D eigenvalue weighted by atomic mass is 10.0. The molecule has 0 unspecified atom stereocenters. The molecule has 0 spiro atoms. The molecule has 30 heavy (non-hydrogen) atoms. The molecule has 0 saturated heterocycles. The Labute approximate surface area is 181 Å². The summed E-state index contributed by atoms with van der Waals surface area (Å²) in [5.41, 5.74) is 4.66. The Balaban J connectivity index is 1.49. The number of thioether (sulfide) groups is 1. The Morgan fingerprint density at radius 2 is 1.97 bits per heavy atom. The molecule has 1 heterocycles. The Hall–Kier alpha value is -2.73. The fraction of sp³-hybridized carbons (Fsp3) is 0.333. The molecule has 2 aliphatic rings. The molecule has 0 aromatic heterocycles. The molecule has 2 aromatic rings. The third-order valence-corrected chi connectivity index (χ3v) is 6.30. The van der Waals surface area contributed by atoms with E-state index < -0.39 is 0 Å². The zero-order chi connectivity index (χ0) is 20.9. The maximum absolute atomic E-state index is 12.8. The minimum absolute atomic E-state index is 0.128. The lowest BCUT2D eigenvalue weighted by Crippen LogP contribution is -2.18. The highest BCUT2D eigenvalue weighted by Gasteiger charge is 2.22. The molecule has 1 fully saturated rings. The zero-order valence-electron chi connectivity index (χ0n) is 17.3. The Morgan fingerprint density at radius 3 is 2.70 bits per heavy atom. The number of nitrogens with one attached hydrogen (secondary N) is 1. The smallest absolute Gasteiger partial charge is 0.265 e. The van der Waals surface area contributed by atoms with Crippen LogP contribution in [0.25, 0.3) is 11.1 Å². The number of benzene rings is 2. The normalized spacial score (nSPS) is 16.8. The summed E-state index contributed by atoms with van der Waals surface area (Å²) in [7, 11) is 0. The van der Waals surface area contributed by atoms with Crippen molar-refractivity contribution in [1.82, 2.24) is 0 Å². The fourth-order valence-corrected chi connectivity index (χ4v) is 4.04. The van der Waals surface area contributed by atoms with Crippen molar-refractivity contribution in [2.75, 3.05) is 24.3 Å². The molecular formula is C24H26N2O3S. The van der Waals surface area contributed by atoms with Crippen LogP contribution in [-0.4, -0.2) is 30.6 Å². The topological polar surface area (TPSA) is 59.9 Å². The number of anilines is 1. The second-order valence-corrected chi connectivity index (χ2v) is 8.68. The molecule has 6 heteroatoms. The lowest BCUT2D eigenvalue weighted by Gasteiger charge is -2.18. The predicted molar refractivity (Wildman–Crippen MR) is 123 cm³/mol. The van der Waals surface area contributed by atoms with E-state index in [9.17, 15) is 4.79 Å². The number of para-hydroxylation sites is 1. The van der Waals surface area contributed by atoms with Gasteiger partial charge in [-0.3, -0.25) is 4.79 Å². The molecule has 1 saturated carbocycles. The summed E-state index contributed by atoms with van der Waals surface area (Å²) in [6, 6.07) is 16.0. The minimum atomic E-state index is -0.128. The van der Waals surface area contributed by atoms with E-state index in [-0.39, 0.29) is 5.91 Å². The molecule has 0 bridgehead atoms. The average Bonchev–Trinajstić information content (AvgIpc) is 3.59. The van der Waals surface area contributed by atoms with Crippen LogP contribution in [0.4, 0.5) is 5.69 Å². The number of rotatable bonds is 7. The van der Waals surface area contributed by atoms with Gasteiger partial charge in [-0.2, -0.15) is 0 Å². The van der Waals surface area contributed by atoms with Crippen LogP contribution in [0.3, 0.4) is 0 Å². The summed E-state index contributed by atoms with van der Waals surface area (Å²) >= 11 is 1.54. The second kappa shape index (κ2) is 9.39. The van der Waals surface area contributed by atoms with Crippen molar-refractivity contribution in [2.24, 2.45) is 11.1 Å². The first kappa shape index (κ1) is 20.5. The van der Waals surface area contributed by atoms with Gasteiger partial charge in [-0.15, -0.1) is 11.8 Å². The van der Waals surface area contributed by atoms with E-state index in [1.165, 1.54) is 24.6 Å². The predicted octanol–water partition coefficient (Wildman–Crippen LogP) is 5.44. The monoisotopic (exact) mass is 422 g/mol. The summed E-state index contributed by atoms with van der Waals surface area (Å²) in [4.78, 5) is 18.8. The molecule has 5 nitrogen and oxygen atoms in total. The van der Waals surface area contributed by atoms with Gasteiger partial charge in [0.25, 0.3) is 5.91 Å². The van der Waals surface area contributed by atoms with Crippen LogP contribution < -0.4 is 5.32 Å². The van der Waals surface area contributed by atoms with Crippen LogP contribution in [0, 0.1) is 5.92 Å². The highest BCUT2D eigenvalue weighted by atomic mass is 32.2. The Kier molecular flexibility index (Phi) is 6.43. The molecule has 1 amide bonds. The number of carbonyl (C=O) groups is 1. The highest BCUT2D eigenvalue weighted by molar-refractivity contribution is 8.04. The summed E-state index contributed by atoms with van der Waals surface area (Å²) in [5, 5.41) is 7.28. The van der Waals surface area contributed by atoms with E-state index in [1.54, 1.807) is 0 Å². The number of carbonyl (C=O) groups excluding carboxylic acids is 1. The van der Waals surface area contributed by atoms with E-state index >= 15 is 0 Å². The van der Waals surface area contributed by atoms with Crippen molar-refractivity contribution in [2.45, 2.75) is 26.7 Å². The molecule has 2 aromatic carbocycles. The second-order valence-electron chi connectivity index (χ2n) is 7.58. The van der Waals surface area contributed by atoms with Crippen molar-refractivity contribution in [3.05, 3.63) is 64.8 Å². The number of hydrogen-bond donors (Lipinski definition) is 1. The first-order valence-corrected chi connectivity index (χ1v) is 11.2. The van der Waals surface area contributed by atoms with E-state index in [0.717, 1.165) is 33.8 Å². The third kappa shape index (κ3) is 5.05. The zero-order valence-corrected chi connectivity index (χ0v) is 18.1. The van der Waals surface area contributed by atoms with E-state index in [4.69, 9.17) is 9.57 Å². The Bertz CT molecular complexity index is 978. The minimum Gasteiger partial charge on any atom is -0.496 e. The highest BCUT2D eigenvalue weighted by Crippen LogP contribution is 2.31. The molecular weight excluding hydrogens is 396 g/mol. The van der Waals surface area contributed by atoms with Crippen LogP contribution >= 0.6 is 11.8 Å². The van der Waals surface area contributed by atoms with Gasteiger partial charge in [0.2, 0.25) is 0 Å². The number of allylic oxidation sites excluding steroid dienone is 1. The van der Waals surface area contributed by atoms with Crippen LogP contribution in [0.15, 0.2) is 64.4 Å². The molecule has 4 rings (SSSR count). The quantitative estimate of drug-likeness (QED) is 0.477. The van der Waals surface area contributed by atoms with Crippen molar-refractivity contribution in [1.29, 1.82) is 0 Å². The molecule has 1 N–H and O–H groups in total. The summed E-state index contributed by atoms with van der Waals surface area (Å²) in [5.74, 6) is 2.03. The molecule has 0 atom stereocenters. The third-order valence-electron chi connectivity index (χ3n) is 5.17. The SMILES string of the molecule is CC(=NOCC1CC1)c1ccc(-c2ccccc2NC(=O)C2=C(C)OCCS2)cc1. The first-order valence-electron chi connectivity index (χ1n) is 10.3. The largest absolute Gasteiger partial charge is 0.496 e. The van der Waals surface area contributed by atoms with Gasteiger partial charge in [0.1, 0.15) is 17.3 Å². The van der Waals surface area contributed by atoms with Crippen molar-refractivity contribution in [3.8, 4) is 11.1 Å². The van der Waals surface area contributed by atoms with Crippen molar-refractivity contribution >= 4 is 29.1 Å². The standard InChI is InChI=1S/C24H26N2O3S/c1-16(26-29-15-18-7-8-18)19-9-11-20(12-10-19)21-5-3-4-6-22(21)25-24(27)23-17(2)28-13-14-30-23/h3-6,9-12,18H,7-8,13-15H2,1-2H3,(H,25,27).